The Hall–Kier alpha value is -0.740. The number of ketones is 2. The molecule has 68 valence electrons. The molecule has 0 aromatic heterocycles. The first-order valence-corrected chi connectivity index (χ1v) is 3.14. The highest BCUT2D eigenvalue weighted by molar-refractivity contribution is 5.96. The van der Waals surface area contributed by atoms with Gasteiger partial charge < -0.3 is 10.6 Å². The van der Waals surface area contributed by atoms with Gasteiger partial charge in [0.2, 0.25) is 0 Å². The molecule has 0 saturated carbocycles. The summed E-state index contributed by atoms with van der Waals surface area (Å²) < 4.78 is 0. The molecule has 0 saturated heterocycles. The zero-order chi connectivity index (χ0) is 8.57. The van der Waals surface area contributed by atoms with Crippen LogP contribution in [-0.2, 0) is 9.59 Å². The van der Waals surface area contributed by atoms with Crippen molar-refractivity contribution in [3.63, 3.8) is 0 Å². The molecule has 0 radical (unpaired) electrons. The molecule has 0 heterocycles. The molecule has 0 spiro atoms. The molecule has 0 aliphatic heterocycles. The number of aliphatic hydroxyl groups excluding tert-OH is 1. The quantitative estimate of drug-likeness (QED) is 0.570. The molecule has 11 heavy (non-hydrogen) atoms. The maximum Gasteiger partial charge on any atom is 0.137 e. The fourth-order valence-electron chi connectivity index (χ4n) is 0.351. The molecule has 0 fully saturated rings. The van der Waals surface area contributed by atoms with E-state index in [9.17, 15) is 9.59 Å². The zero-order valence-electron chi connectivity index (χ0n) is 7.18. The first-order chi connectivity index (χ1) is 4.54. The van der Waals surface area contributed by atoms with Gasteiger partial charge in [0.25, 0.3) is 0 Å². The Balaban J connectivity index is -0.000000140. The van der Waals surface area contributed by atoms with Crippen LogP contribution in [0.5, 0.6) is 0 Å². The highest BCUT2D eigenvalue weighted by Crippen LogP contribution is 1.80. The van der Waals surface area contributed by atoms with E-state index in [-0.39, 0.29) is 30.1 Å². The van der Waals surface area contributed by atoms with Gasteiger partial charge in [-0.2, -0.15) is 0 Å². The lowest BCUT2D eigenvalue weighted by molar-refractivity contribution is -0.124. The molecular weight excluding hydrogens is 148 g/mol. The number of Topliss-reactive ketones (excluding diaryl/α,β-unsaturated/α-hetero) is 2. The maximum absolute atomic E-state index is 10.0. The van der Waals surface area contributed by atoms with E-state index >= 15 is 0 Å². The lowest BCUT2D eigenvalue weighted by Crippen LogP contribution is -1.97. The molecule has 0 rings (SSSR count). The topological polar surface area (TPSA) is 85.9 Å². The minimum atomic E-state index is -0.0625. The minimum Gasteiger partial charge on any atom is -0.412 e. The van der Waals surface area contributed by atoms with Crippen molar-refractivity contribution in [2.75, 3.05) is 6.61 Å². The molecule has 0 aliphatic carbocycles. The Labute approximate surface area is 66.5 Å². The third-order valence-corrected chi connectivity index (χ3v) is 0.498. The van der Waals surface area contributed by atoms with E-state index in [1.807, 2.05) is 0 Å². The van der Waals surface area contributed by atoms with E-state index < -0.39 is 0 Å². The van der Waals surface area contributed by atoms with E-state index in [4.69, 9.17) is 5.11 Å². The number of carbonyl (C=O) groups excluding carboxylic acids is 2. The largest absolute Gasteiger partial charge is 0.412 e. The van der Waals surface area contributed by atoms with E-state index in [0.717, 1.165) is 0 Å². The van der Waals surface area contributed by atoms with Crippen molar-refractivity contribution in [1.29, 1.82) is 0 Å². The van der Waals surface area contributed by atoms with Gasteiger partial charge in [0.1, 0.15) is 11.6 Å². The normalized spacial score (nSPS) is 6.91. The molecule has 0 bridgehead atoms. The summed E-state index contributed by atoms with van der Waals surface area (Å²) >= 11 is 0. The van der Waals surface area contributed by atoms with Crippen LogP contribution < -0.4 is 0 Å². The predicted molar refractivity (Wildman–Crippen MR) is 42.4 cm³/mol. The molecule has 4 nitrogen and oxygen atoms in total. The van der Waals surface area contributed by atoms with Crippen molar-refractivity contribution in [3.8, 4) is 0 Å². The molecule has 0 atom stereocenters. The average Bonchev–Trinajstić information content (AvgIpc) is 1.62. The summed E-state index contributed by atoms with van der Waals surface area (Å²) in [5.41, 5.74) is 0. The molecule has 3 N–H and O–H groups in total. The van der Waals surface area contributed by atoms with Crippen molar-refractivity contribution in [3.05, 3.63) is 0 Å². The third-order valence-electron chi connectivity index (χ3n) is 0.498. The number of carbonyl (C=O) groups is 2. The van der Waals surface area contributed by atoms with Crippen LogP contribution in [0.1, 0.15) is 27.2 Å². The average molecular weight is 164 g/mol. The molecule has 0 aromatic rings. The summed E-state index contributed by atoms with van der Waals surface area (Å²) in [5, 5.41) is 7.57. The van der Waals surface area contributed by atoms with Gasteiger partial charge in [-0.05, 0) is 20.8 Å². The smallest absolute Gasteiger partial charge is 0.137 e. The van der Waals surface area contributed by atoms with Crippen molar-refractivity contribution in [2.24, 2.45) is 0 Å². The van der Waals surface area contributed by atoms with Crippen LogP contribution >= 0.6 is 0 Å². The monoisotopic (exact) mass is 164 g/mol. The SMILES string of the molecule is CC(=O)CC(C)=O.CCO.O. The van der Waals surface area contributed by atoms with Crippen molar-refractivity contribution < 1.29 is 20.2 Å². The number of rotatable bonds is 2. The molecule has 0 amide bonds. The predicted octanol–water partition coefficient (Wildman–Crippen LogP) is -0.272. The Morgan fingerprint density at radius 1 is 1.18 bits per heavy atom. The van der Waals surface area contributed by atoms with Crippen LogP contribution in [0.25, 0.3) is 0 Å². The molecule has 0 unspecified atom stereocenters. The van der Waals surface area contributed by atoms with Crippen LogP contribution in [0.15, 0.2) is 0 Å². The van der Waals surface area contributed by atoms with Crippen LogP contribution in [0.4, 0.5) is 0 Å². The van der Waals surface area contributed by atoms with Gasteiger partial charge in [-0.3, -0.25) is 9.59 Å². The number of hydrogen-bond donors (Lipinski definition) is 1. The number of hydrogen-bond acceptors (Lipinski definition) is 3. The maximum atomic E-state index is 10.0. The molecular formula is C7H16O4. The van der Waals surface area contributed by atoms with Crippen molar-refractivity contribution >= 4 is 11.6 Å². The van der Waals surface area contributed by atoms with Gasteiger partial charge in [0, 0.05) is 6.61 Å². The summed E-state index contributed by atoms with van der Waals surface area (Å²) in [5.74, 6) is -0.125. The first kappa shape index (κ1) is 16.7. The van der Waals surface area contributed by atoms with Crippen LogP contribution in [-0.4, -0.2) is 28.8 Å². The standard InChI is InChI=1S/C5H8O2.C2H6O.H2O/c1-4(6)3-5(2)7;1-2-3;/h3H2,1-2H3;3H,2H2,1H3;1H2. The highest BCUT2D eigenvalue weighted by Gasteiger charge is 1.94. The van der Waals surface area contributed by atoms with Crippen LogP contribution in [0, 0.1) is 0 Å². The van der Waals surface area contributed by atoms with Gasteiger partial charge in [0.15, 0.2) is 0 Å². The van der Waals surface area contributed by atoms with E-state index in [0.29, 0.717) is 0 Å². The van der Waals surface area contributed by atoms with Crippen LogP contribution in [0.2, 0.25) is 0 Å². The second-order valence-corrected chi connectivity index (χ2v) is 1.90. The Morgan fingerprint density at radius 2 is 1.36 bits per heavy atom. The highest BCUT2D eigenvalue weighted by atomic mass is 16.2. The van der Waals surface area contributed by atoms with Crippen molar-refractivity contribution in [2.45, 2.75) is 27.2 Å². The first-order valence-electron chi connectivity index (χ1n) is 3.14. The summed E-state index contributed by atoms with van der Waals surface area (Å²) in [6.45, 7) is 4.74. The summed E-state index contributed by atoms with van der Waals surface area (Å²) in [4.78, 5) is 20.1. The van der Waals surface area contributed by atoms with E-state index in [1.54, 1.807) is 6.92 Å². The van der Waals surface area contributed by atoms with Gasteiger partial charge >= 0.3 is 0 Å². The van der Waals surface area contributed by atoms with Gasteiger partial charge in [0.05, 0.1) is 6.42 Å². The summed E-state index contributed by atoms with van der Waals surface area (Å²) in [6.07, 6.45) is 0.0833. The molecule has 0 aliphatic rings. The van der Waals surface area contributed by atoms with Gasteiger partial charge in [-0.25, -0.2) is 0 Å². The second kappa shape index (κ2) is 12.0. The van der Waals surface area contributed by atoms with Crippen molar-refractivity contribution in [1.82, 2.24) is 0 Å². The lowest BCUT2D eigenvalue weighted by atomic mass is 10.2. The van der Waals surface area contributed by atoms with Crippen LogP contribution in [0.3, 0.4) is 0 Å². The van der Waals surface area contributed by atoms with Gasteiger partial charge in [-0.15, -0.1) is 0 Å². The lowest BCUT2D eigenvalue weighted by Gasteiger charge is -1.81. The Kier molecular flexibility index (Phi) is 18.2. The van der Waals surface area contributed by atoms with E-state index in [1.165, 1.54) is 13.8 Å². The zero-order valence-corrected chi connectivity index (χ0v) is 7.18. The second-order valence-electron chi connectivity index (χ2n) is 1.90. The third kappa shape index (κ3) is 45.9. The summed E-state index contributed by atoms with van der Waals surface area (Å²) in [7, 11) is 0. The number of aliphatic hydroxyl groups is 1. The minimum absolute atomic E-state index is 0. The summed E-state index contributed by atoms with van der Waals surface area (Å²) in [6, 6.07) is 0. The molecule has 0 aromatic carbocycles. The molecule has 4 heteroatoms. The van der Waals surface area contributed by atoms with E-state index in [2.05, 4.69) is 0 Å². The Bertz CT molecular complexity index is 97.0. The Morgan fingerprint density at radius 3 is 1.36 bits per heavy atom. The fraction of sp³-hybridized carbons (Fsp3) is 0.714. The fourth-order valence-corrected chi connectivity index (χ4v) is 0.351. The van der Waals surface area contributed by atoms with Gasteiger partial charge in [-0.1, -0.05) is 0 Å².